The fourth-order valence-corrected chi connectivity index (χ4v) is 1.71. The Morgan fingerprint density at radius 2 is 1.68 bits per heavy atom. The molecule has 2 aromatic rings. The highest BCUT2D eigenvalue weighted by atomic mass is 16.6. The number of hydrogen-bond donors (Lipinski definition) is 1. The van der Waals surface area contributed by atoms with Crippen molar-refractivity contribution in [1.82, 2.24) is 0 Å². The molecular formula is C16H13N3O3. The summed E-state index contributed by atoms with van der Waals surface area (Å²) in [5, 5.41) is 27.9. The molecule has 0 bridgehead atoms. The van der Waals surface area contributed by atoms with Crippen molar-refractivity contribution in [3.63, 3.8) is 0 Å². The van der Waals surface area contributed by atoms with E-state index in [1.54, 1.807) is 54.6 Å². The number of para-hydroxylation sites is 2. The van der Waals surface area contributed by atoms with E-state index in [0.29, 0.717) is 11.1 Å². The van der Waals surface area contributed by atoms with E-state index in [-0.39, 0.29) is 11.4 Å². The topological polar surface area (TPSA) is 88.1 Å². The summed E-state index contributed by atoms with van der Waals surface area (Å²) in [7, 11) is 0. The molecule has 0 fully saturated rings. The van der Waals surface area contributed by atoms with E-state index in [0.717, 1.165) is 0 Å². The standard InChI is InChI=1S/C16H13N3O3/c20-16-10-4-2-7-14(16)12-18-17-11-5-8-13-6-1-3-9-15(13)19(21)22/h1-12,20H/b8-5+,17-11+,18-12+. The molecule has 0 unspecified atom stereocenters. The van der Waals surface area contributed by atoms with Crippen molar-refractivity contribution >= 4 is 24.2 Å². The highest BCUT2D eigenvalue weighted by Crippen LogP contribution is 2.18. The van der Waals surface area contributed by atoms with Gasteiger partial charge in [-0.05, 0) is 30.4 Å². The van der Waals surface area contributed by atoms with Gasteiger partial charge in [-0.2, -0.15) is 10.2 Å². The maximum Gasteiger partial charge on any atom is 0.276 e. The second kappa shape index (κ2) is 7.49. The zero-order valence-corrected chi connectivity index (χ0v) is 11.5. The molecule has 0 atom stereocenters. The molecule has 0 aliphatic heterocycles. The zero-order valence-electron chi connectivity index (χ0n) is 11.5. The van der Waals surface area contributed by atoms with Gasteiger partial charge in [0.15, 0.2) is 0 Å². The van der Waals surface area contributed by atoms with Crippen LogP contribution in [0.2, 0.25) is 0 Å². The lowest BCUT2D eigenvalue weighted by Gasteiger charge is -1.95. The average molecular weight is 295 g/mol. The summed E-state index contributed by atoms with van der Waals surface area (Å²) in [4.78, 5) is 10.4. The van der Waals surface area contributed by atoms with E-state index in [9.17, 15) is 15.2 Å². The highest BCUT2D eigenvalue weighted by Gasteiger charge is 2.08. The third-order valence-corrected chi connectivity index (χ3v) is 2.76. The predicted molar refractivity (Wildman–Crippen MR) is 86.3 cm³/mol. The fourth-order valence-electron chi connectivity index (χ4n) is 1.71. The number of rotatable bonds is 5. The number of phenolic OH excluding ortho intramolecular Hbond substituents is 1. The van der Waals surface area contributed by atoms with Crippen LogP contribution in [0.3, 0.4) is 0 Å². The van der Waals surface area contributed by atoms with Gasteiger partial charge in [-0.25, -0.2) is 0 Å². The highest BCUT2D eigenvalue weighted by molar-refractivity contribution is 5.84. The molecule has 2 aromatic carbocycles. The SMILES string of the molecule is O=[N+]([O-])c1ccccc1/C=C/C=N/N=C/c1ccccc1O. The van der Waals surface area contributed by atoms with Crippen molar-refractivity contribution in [3.05, 3.63) is 75.8 Å². The van der Waals surface area contributed by atoms with Crippen LogP contribution in [-0.2, 0) is 0 Å². The molecule has 0 heterocycles. The first-order valence-corrected chi connectivity index (χ1v) is 6.43. The molecule has 110 valence electrons. The van der Waals surface area contributed by atoms with Crippen LogP contribution in [0.15, 0.2) is 64.8 Å². The lowest BCUT2D eigenvalue weighted by Crippen LogP contribution is -1.90. The predicted octanol–water partition coefficient (Wildman–Crippen LogP) is 3.42. The minimum Gasteiger partial charge on any atom is -0.507 e. The van der Waals surface area contributed by atoms with Crippen LogP contribution in [0.5, 0.6) is 5.75 Å². The molecule has 1 N–H and O–H groups in total. The van der Waals surface area contributed by atoms with Gasteiger partial charge in [0.1, 0.15) is 5.75 Å². The first kappa shape index (κ1) is 15.1. The monoisotopic (exact) mass is 295 g/mol. The van der Waals surface area contributed by atoms with Gasteiger partial charge in [0, 0.05) is 17.8 Å². The van der Waals surface area contributed by atoms with Crippen molar-refractivity contribution in [3.8, 4) is 5.75 Å². The van der Waals surface area contributed by atoms with E-state index < -0.39 is 4.92 Å². The Bertz CT molecular complexity index is 752. The number of nitrogens with zero attached hydrogens (tertiary/aromatic N) is 3. The molecule has 0 saturated heterocycles. The molecule has 0 aromatic heterocycles. The second-order valence-corrected chi connectivity index (χ2v) is 4.24. The summed E-state index contributed by atoms with van der Waals surface area (Å²) < 4.78 is 0. The van der Waals surface area contributed by atoms with Gasteiger partial charge in [0.05, 0.1) is 16.7 Å². The van der Waals surface area contributed by atoms with Gasteiger partial charge in [0.25, 0.3) is 5.69 Å². The Balaban J connectivity index is 2.01. The van der Waals surface area contributed by atoms with Crippen LogP contribution in [-0.4, -0.2) is 22.5 Å². The number of phenols is 1. The molecular weight excluding hydrogens is 282 g/mol. The number of aromatic hydroxyl groups is 1. The smallest absolute Gasteiger partial charge is 0.276 e. The normalized spacial score (nSPS) is 11.6. The summed E-state index contributed by atoms with van der Waals surface area (Å²) in [6, 6.07) is 13.2. The summed E-state index contributed by atoms with van der Waals surface area (Å²) in [5.74, 6) is 0.122. The zero-order chi connectivity index (χ0) is 15.8. The lowest BCUT2D eigenvalue weighted by molar-refractivity contribution is -0.385. The molecule has 22 heavy (non-hydrogen) atoms. The van der Waals surface area contributed by atoms with Crippen LogP contribution in [0.1, 0.15) is 11.1 Å². The van der Waals surface area contributed by atoms with Crippen LogP contribution in [0.25, 0.3) is 6.08 Å². The van der Waals surface area contributed by atoms with Gasteiger partial charge < -0.3 is 5.11 Å². The summed E-state index contributed by atoms with van der Waals surface area (Å²) >= 11 is 0. The Morgan fingerprint density at radius 1 is 1.00 bits per heavy atom. The van der Waals surface area contributed by atoms with E-state index in [4.69, 9.17) is 0 Å². The van der Waals surface area contributed by atoms with Crippen LogP contribution in [0.4, 0.5) is 5.69 Å². The van der Waals surface area contributed by atoms with Crippen LogP contribution < -0.4 is 0 Å². The summed E-state index contributed by atoms with van der Waals surface area (Å²) in [6.45, 7) is 0. The first-order chi connectivity index (χ1) is 10.7. The van der Waals surface area contributed by atoms with Gasteiger partial charge >= 0.3 is 0 Å². The molecule has 0 aliphatic rings. The molecule has 0 saturated carbocycles. The molecule has 0 amide bonds. The molecule has 6 nitrogen and oxygen atoms in total. The van der Waals surface area contributed by atoms with Crippen LogP contribution in [0, 0.1) is 10.1 Å². The fraction of sp³-hybridized carbons (Fsp3) is 0. The molecule has 0 radical (unpaired) electrons. The Hall–Kier alpha value is -3.28. The largest absolute Gasteiger partial charge is 0.507 e. The molecule has 0 spiro atoms. The molecule has 2 rings (SSSR count). The number of allylic oxidation sites excluding steroid dienone is 1. The molecule has 6 heteroatoms. The van der Waals surface area contributed by atoms with Crippen molar-refractivity contribution < 1.29 is 10.0 Å². The Kier molecular flexibility index (Phi) is 5.15. The number of nitro benzene ring substituents is 1. The van der Waals surface area contributed by atoms with Crippen molar-refractivity contribution in [1.29, 1.82) is 0 Å². The number of nitro groups is 1. The van der Waals surface area contributed by atoms with Crippen LogP contribution >= 0.6 is 0 Å². The van der Waals surface area contributed by atoms with Gasteiger partial charge in [0.2, 0.25) is 0 Å². The third-order valence-electron chi connectivity index (χ3n) is 2.76. The van der Waals surface area contributed by atoms with Gasteiger partial charge in [-0.3, -0.25) is 10.1 Å². The summed E-state index contributed by atoms with van der Waals surface area (Å²) in [6.07, 6.45) is 5.97. The van der Waals surface area contributed by atoms with Gasteiger partial charge in [-0.15, -0.1) is 0 Å². The average Bonchev–Trinajstić information content (AvgIpc) is 2.52. The summed E-state index contributed by atoms with van der Waals surface area (Å²) in [5.41, 5.74) is 1.08. The minimum atomic E-state index is -0.437. The Labute approximate surface area is 126 Å². The first-order valence-electron chi connectivity index (χ1n) is 6.43. The third kappa shape index (κ3) is 4.11. The Morgan fingerprint density at radius 3 is 2.41 bits per heavy atom. The number of hydrogen-bond acceptors (Lipinski definition) is 5. The van der Waals surface area contributed by atoms with E-state index in [1.807, 2.05) is 0 Å². The molecule has 0 aliphatic carbocycles. The van der Waals surface area contributed by atoms with E-state index >= 15 is 0 Å². The van der Waals surface area contributed by atoms with E-state index in [2.05, 4.69) is 10.2 Å². The quantitative estimate of drug-likeness (QED) is 0.520. The number of benzene rings is 2. The van der Waals surface area contributed by atoms with Crippen molar-refractivity contribution in [2.75, 3.05) is 0 Å². The second-order valence-electron chi connectivity index (χ2n) is 4.24. The maximum atomic E-state index is 10.8. The van der Waals surface area contributed by atoms with Crippen molar-refractivity contribution in [2.24, 2.45) is 10.2 Å². The van der Waals surface area contributed by atoms with E-state index in [1.165, 1.54) is 18.5 Å². The maximum absolute atomic E-state index is 10.8. The minimum absolute atomic E-state index is 0.0323. The van der Waals surface area contributed by atoms with Crippen molar-refractivity contribution in [2.45, 2.75) is 0 Å². The van der Waals surface area contributed by atoms with Gasteiger partial charge in [-0.1, -0.05) is 24.3 Å². The lowest BCUT2D eigenvalue weighted by atomic mass is 10.2.